The quantitative estimate of drug-likeness (QED) is 0.653. The molecule has 2 aromatic carbocycles. The molecule has 2 aromatic rings. The third kappa shape index (κ3) is 3.22. The number of rotatable bonds is 3. The van der Waals surface area contributed by atoms with Crippen molar-refractivity contribution in [3.63, 3.8) is 0 Å². The highest BCUT2D eigenvalue weighted by molar-refractivity contribution is 9.10. The molecule has 0 aliphatic rings. The second-order valence-electron chi connectivity index (χ2n) is 3.82. The Hall–Kier alpha value is -0.640. The van der Waals surface area contributed by atoms with Crippen LogP contribution in [0.4, 0.5) is 0 Å². The molecule has 0 aromatic heterocycles. The normalized spacial score (nSPS) is 10.4. The van der Waals surface area contributed by atoms with E-state index in [1.165, 1.54) is 0 Å². The van der Waals surface area contributed by atoms with Gasteiger partial charge in [0, 0.05) is 26.0 Å². The molecule has 18 heavy (non-hydrogen) atoms. The molecule has 0 spiro atoms. The summed E-state index contributed by atoms with van der Waals surface area (Å²) in [6.07, 6.45) is 0.300. The Morgan fingerprint density at radius 2 is 1.83 bits per heavy atom. The van der Waals surface area contributed by atoms with Crippen molar-refractivity contribution < 1.29 is 4.79 Å². The Balaban J connectivity index is 2.24. The Labute approximate surface area is 127 Å². The zero-order valence-electron chi connectivity index (χ0n) is 9.29. The van der Waals surface area contributed by atoms with Gasteiger partial charge in [-0.25, -0.2) is 0 Å². The summed E-state index contributed by atoms with van der Waals surface area (Å²) < 4.78 is 1.72. The largest absolute Gasteiger partial charge is 0.294 e. The summed E-state index contributed by atoms with van der Waals surface area (Å²) in [5.41, 5.74) is 1.51. The van der Waals surface area contributed by atoms with Crippen LogP contribution in [0, 0.1) is 0 Å². The third-order valence-corrected chi connectivity index (χ3v) is 4.08. The van der Waals surface area contributed by atoms with Crippen molar-refractivity contribution in [2.45, 2.75) is 6.42 Å². The van der Waals surface area contributed by atoms with Gasteiger partial charge in [-0.05, 0) is 23.8 Å². The minimum Gasteiger partial charge on any atom is -0.294 e. The molecule has 0 amide bonds. The van der Waals surface area contributed by atoms with Crippen LogP contribution in [0.3, 0.4) is 0 Å². The van der Waals surface area contributed by atoms with Gasteiger partial charge in [-0.3, -0.25) is 4.79 Å². The molecule has 0 aliphatic carbocycles. The van der Waals surface area contributed by atoms with Crippen LogP contribution >= 0.6 is 43.5 Å². The molecule has 1 nitrogen and oxygen atoms in total. The van der Waals surface area contributed by atoms with Gasteiger partial charge in [0.15, 0.2) is 5.78 Å². The number of carbonyl (C=O) groups excluding carboxylic acids is 1. The van der Waals surface area contributed by atoms with Gasteiger partial charge < -0.3 is 0 Å². The molecular weight excluding hydrogens is 379 g/mol. The molecule has 0 bridgehead atoms. The van der Waals surface area contributed by atoms with E-state index in [-0.39, 0.29) is 5.78 Å². The molecule has 4 heteroatoms. The number of hydrogen-bond acceptors (Lipinski definition) is 1. The standard InChI is InChI=1S/C14H9Br2ClO/c15-10-6-5-9(13(17)8-10)7-14(18)11-3-1-2-4-12(11)16/h1-6,8H,7H2. The van der Waals surface area contributed by atoms with Crippen molar-refractivity contribution in [2.24, 2.45) is 0 Å². The molecule has 0 fully saturated rings. The molecule has 0 aliphatic heterocycles. The lowest BCUT2D eigenvalue weighted by molar-refractivity contribution is 0.0992. The number of carbonyl (C=O) groups is 1. The van der Waals surface area contributed by atoms with Crippen molar-refractivity contribution in [1.82, 2.24) is 0 Å². The first-order chi connectivity index (χ1) is 8.58. The van der Waals surface area contributed by atoms with E-state index in [1.807, 2.05) is 30.3 Å². The van der Waals surface area contributed by atoms with Crippen LogP contribution in [0.15, 0.2) is 51.4 Å². The smallest absolute Gasteiger partial charge is 0.168 e. The number of halogens is 3. The topological polar surface area (TPSA) is 17.1 Å². The number of Topliss-reactive ketones (excluding diaryl/α,β-unsaturated/α-hetero) is 1. The van der Waals surface area contributed by atoms with Crippen molar-refractivity contribution in [2.75, 3.05) is 0 Å². The molecule has 2 rings (SSSR count). The second-order valence-corrected chi connectivity index (χ2v) is 5.99. The Morgan fingerprint density at radius 3 is 2.50 bits per heavy atom. The van der Waals surface area contributed by atoms with E-state index in [9.17, 15) is 4.79 Å². The molecule has 0 heterocycles. The van der Waals surface area contributed by atoms with Crippen molar-refractivity contribution >= 4 is 49.2 Å². The Morgan fingerprint density at radius 1 is 1.11 bits per heavy atom. The maximum atomic E-state index is 12.2. The summed E-state index contributed by atoms with van der Waals surface area (Å²) in [6.45, 7) is 0. The highest BCUT2D eigenvalue weighted by Gasteiger charge is 2.12. The summed E-state index contributed by atoms with van der Waals surface area (Å²) in [6, 6.07) is 12.9. The van der Waals surface area contributed by atoms with Crippen LogP contribution in [-0.2, 0) is 6.42 Å². The number of hydrogen-bond donors (Lipinski definition) is 0. The first kappa shape index (κ1) is 13.8. The zero-order chi connectivity index (χ0) is 13.1. The van der Waals surface area contributed by atoms with E-state index in [0.717, 1.165) is 14.5 Å². The lowest BCUT2D eigenvalue weighted by Gasteiger charge is -2.06. The summed E-state index contributed by atoms with van der Waals surface area (Å²) in [4.78, 5) is 12.2. The van der Waals surface area contributed by atoms with Gasteiger partial charge in [0.2, 0.25) is 0 Å². The maximum Gasteiger partial charge on any atom is 0.168 e. The highest BCUT2D eigenvalue weighted by atomic mass is 79.9. The fourth-order valence-electron chi connectivity index (χ4n) is 1.62. The fourth-order valence-corrected chi connectivity index (χ4v) is 2.87. The average Bonchev–Trinajstić information content (AvgIpc) is 2.33. The highest BCUT2D eigenvalue weighted by Crippen LogP contribution is 2.24. The van der Waals surface area contributed by atoms with Crippen LogP contribution in [0.2, 0.25) is 5.02 Å². The van der Waals surface area contributed by atoms with E-state index in [0.29, 0.717) is 17.0 Å². The Bertz CT molecular complexity index is 596. The molecule has 0 unspecified atom stereocenters. The van der Waals surface area contributed by atoms with E-state index in [1.54, 1.807) is 12.1 Å². The predicted octanol–water partition coefficient (Wildman–Crippen LogP) is 5.29. The van der Waals surface area contributed by atoms with Crippen LogP contribution in [-0.4, -0.2) is 5.78 Å². The van der Waals surface area contributed by atoms with Crippen molar-refractivity contribution in [3.05, 3.63) is 67.6 Å². The molecule has 0 N–H and O–H groups in total. The molecule has 0 saturated carbocycles. The molecule has 0 radical (unpaired) electrons. The van der Waals surface area contributed by atoms with Crippen molar-refractivity contribution in [3.8, 4) is 0 Å². The minimum absolute atomic E-state index is 0.0479. The van der Waals surface area contributed by atoms with Crippen molar-refractivity contribution in [1.29, 1.82) is 0 Å². The van der Waals surface area contributed by atoms with Gasteiger partial charge in [0.05, 0.1) is 0 Å². The first-order valence-corrected chi connectivity index (χ1v) is 7.26. The molecule has 0 atom stereocenters. The summed E-state index contributed by atoms with van der Waals surface area (Å²) in [5, 5.41) is 0.602. The van der Waals surface area contributed by atoms with Crippen LogP contribution in [0.5, 0.6) is 0 Å². The zero-order valence-corrected chi connectivity index (χ0v) is 13.2. The van der Waals surface area contributed by atoms with Gasteiger partial charge in [-0.2, -0.15) is 0 Å². The lowest BCUT2D eigenvalue weighted by atomic mass is 10.0. The van der Waals surface area contributed by atoms with Crippen LogP contribution in [0.1, 0.15) is 15.9 Å². The van der Waals surface area contributed by atoms with Gasteiger partial charge in [0.1, 0.15) is 0 Å². The lowest BCUT2D eigenvalue weighted by Crippen LogP contribution is -2.04. The molecule has 0 saturated heterocycles. The third-order valence-electron chi connectivity index (χ3n) is 2.54. The fraction of sp³-hybridized carbons (Fsp3) is 0.0714. The first-order valence-electron chi connectivity index (χ1n) is 5.29. The van der Waals surface area contributed by atoms with Gasteiger partial charge in [-0.1, -0.05) is 67.7 Å². The average molecular weight is 388 g/mol. The van der Waals surface area contributed by atoms with Gasteiger partial charge in [0.25, 0.3) is 0 Å². The second kappa shape index (κ2) is 6.00. The summed E-state index contributed by atoms with van der Waals surface area (Å²) >= 11 is 12.8. The predicted molar refractivity (Wildman–Crippen MR) is 81.3 cm³/mol. The van der Waals surface area contributed by atoms with E-state index >= 15 is 0 Å². The summed E-state index contributed by atoms with van der Waals surface area (Å²) in [7, 11) is 0. The van der Waals surface area contributed by atoms with Gasteiger partial charge >= 0.3 is 0 Å². The summed E-state index contributed by atoms with van der Waals surface area (Å²) in [5.74, 6) is 0.0479. The Kier molecular flexibility index (Phi) is 4.60. The minimum atomic E-state index is 0.0479. The number of ketones is 1. The molecular formula is C14H9Br2ClO. The van der Waals surface area contributed by atoms with Crippen LogP contribution in [0.25, 0.3) is 0 Å². The van der Waals surface area contributed by atoms with E-state index in [2.05, 4.69) is 31.9 Å². The van der Waals surface area contributed by atoms with E-state index < -0.39 is 0 Å². The molecule has 92 valence electrons. The van der Waals surface area contributed by atoms with Gasteiger partial charge in [-0.15, -0.1) is 0 Å². The number of benzene rings is 2. The van der Waals surface area contributed by atoms with Crippen LogP contribution < -0.4 is 0 Å². The maximum absolute atomic E-state index is 12.2. The monoisotopic (exact) mass is 386 g/mol. The SMILES string of the molecule is O=C(Cc1ccc(Br)cc1Cl)c1ccccc1Br. The van der Waals surface area contributed by atoms with E-state index in [4.69, 9.17) is 11.6 Å².